The van der Waals surface area contributed by atoms with Gasteiger partial charge in [0, 0.05) is 31.5 Å². The van der Waals surface area contributed by atoms with Gasteiger partial charge in [0.1, 0.15) is 0 Å². The number of pyridine rings is 1. The second kappa shape index (κ2) is 9.73. The Morgan fingerprint density at radius 3 is 2.46 bits per heavy atom. The number of carbonyl (C=O) groups is 2. The first-order chi connectivity index (χ1) is 13.7. The lowest BCUT2D eigenvalue weighted by molar-refractivity contribution is -0.124. The van der Waals surface area contributed by atoms with Crippen molar-refractivity contribution in [2.75, 3.05) is 26.3 Å². The zero-order valence-corrected chi connectivity index (χ0v) is 16.0. The average Bonchev–Trinajstić information content (AvgIpc) is 2.74. The van der Waals surface area contributed by atoms with E-state index in [0.29, 0.717) is 49.6 Å². The van der Waals surface area contributed by atoms with Crippen molar-refractivity contribution in [3.8, 4) is 11.5 Å². The number of piperidine rings is 1. The summed E-state index contributed by atoms with van der Waals surface area (Å²) < 4.78 is 11.1. The number of hydrogen-bond acceptors (Lipinski definition) is 5. The Morgan fingerprint density at radius 1 is 1.11 bits per heavy atom. The van der Waals surface area contributed by atoms with Crippen LogP contribution in [-0.2, 0) is 4.79 Å². The van der Waals surface area contributed by atoms with E-state index in [4.69, 9.17) is 9.47 Å². The van der Waals surface area contributed by atoms with E-state index in [9.17, 15) is 9.59 Å². The normalized spacial score (nSPS) is 14.4. The fraction of sp³-hybridized carbons (Fsp3) is 0.381. The molecule has 0 radical (unpaired) electrons. The van der Waals surface area contributed by atoms with Crippen LogP contribution in [0.3, 0.4) is 0 Å². The molecule has 2 heterocycles. The molecule has 1 N–H and O–H groups in total. The van der Waals surface area contributed by atoms with Gasteiger partial charge in [0.15, 0.2) is 18.1 Å². The monoisotopic (exact) mass is 383 g/mol. The van der Waals surface area contributed by atoms with Crippen LogP contribution in [0.15, 0.2) is 48.8 Å². The highest BCUT2D eigenvalue weighted by atomic mass is 16.5. The lowest BCUT2D eigenvalue weighted by atomic mass is 10.0. The predicted molar refractivity (Wildman–Crippen MR) is 104 cm³/mol. The van der Waals surface area contributed by atoms with Gasteiger partial charge in [-0.25, -0.2) is 0 Å². The second-order valence-corrected chi connectivity index (χ2v) is 6.54. The molecule has 0 bridgehead atoms. The zero-order valence-electron chi connectivity index (χ0n) is 16.0. The fourth-order valence-corrected chi connectivity index (χ4v) is 3.16. The third kappa shape index (κ3) is 5.22. The highest BCUT2D eigenvalue weighted by molar-refractivity contribution is 5.93. The summed E-state index contributed by atoms with van der Waals surface area (Å²) in [6, 6.07) is 10.8. The zero-order chi connectivity index (χ0) is 19.8. The molecule has 0 unspecified atom stereocenters. The van der Waals surface area contributed by atoms with Gasteiger partial charge in [0.25, 0.3) is 11.8 Å². The molecule has 1 aliphatic rings. The number of carbonyl (C=O) groups excluding carboxylic acids is 2. The van der Waals surface area contributed by atoms with Crippen LogP contribution in [0, 0.1) is 0 Å². The van der Waals surface area contributed by atoms with E-state index in [1.807, 2.05) is 25.1 Å². The molecule has 1 aromatic carbocycles. The van der Waals surface area contributed by atoms with E-state index in [1.54, 1.807) is 35.5 Å². The van der Waals surface area contributed by atoms with Crippen LogP contribution < -0.4 is 14.8 Å². The number of para-hydroxylation sites is 2. The Hall–Kier alpha value is -3.09. The molecular formula is C21H25N3O4. The van der Waals surface area contributed by atoms with Gasteiger partial charge in [-0.15, -0.1) is 0 Å². The molecule has 1 fully saturated rings. The number of amides is 2. The summed E-state index contributed by atoms with van der Waals surface area (Å²) >= 11 is 0. The number of likely N-dealkylation sites (tertiary alicyclic amines) is 1. The highest BCUT2D eigenvalue weighted by Crippen LogP contribution is 2.26. The summed E-state index contributed by atoms with van der Waals surface area (Å²) in [5.41, 5.74) is 0.589. The van der Waals surface area contributed by atoms with Crippen LogP contribution in [0.5, 0.6) is 11.5 Å². The maximum absolute atomic E-state index is 12.4. The average molecular weight is 383 g/mol. The van der Waals surface area contributed by atoms with Crippen molar-refractivity contribution in [1.29, 1.82) is 0 Å². The minimum absolute atomic E-state index is 0.0197. The second-order valence-electron chi connectivity index (χ2n) is 6.54. The molecule has 1 saturated heterocycles. The van der Waals surface area contributed by atoms with Gasteiger partial charge in [-0.05, 0) is 44.0 Å². The molecule has 148 valence electrons. The maximum Gasteiger partial charge on any atom is 0.258 e. The van der Waals surface area contributed by atoms with Crippen LogP contribution in [0.4, 0.5) is 0 Å². The molecule has 2 aromatic rings. The van der Waals surface area contributed by atoms with Gasteiger partial charge >= 0.3 is 0 Å². The van der Waals surface area contributed by atoms with Crippen molar-refractivity contribution in [3.05, 3.63) is 54.4 Å². The molecule has 3 rings (SSSR count). The first-order valence-corrected chi connectivity index (χ1v) is 9.50. The van der Waals surface area contributed by atoms with Gasteiger partial charge in [-0.3, -0.25) is 14.6 Å². The van der Waals surface area contributed by atoms with Crippen LogP contribution >= 0.6 is 0 Å². The molecule has 7 heteroatoms. The molecule has 0 spiro atoms. The Bertz CT molecular complexity index is 789. The SMILES string of the molecule is CCOc1ccccc1OCC(=O)NC1CCN(C(=O)c2cccnc2)CC1. The van der Waals surface area contributed by atoms with E-state index in [2.05, 4.69) is 10.3 Å². The number of hydrogen-bond donors (Lipinski definition) is 1. The number of nitrogens with zero attached hydrogens (tertiary/aromatic N) is 2. The third-order valence-electron chi connectivity index (χ3n) is 4.56. The highest BCUT2D eigenvalue weighted by Gasteiger charge is 2.24. The number of aromatic nitrogens is 1. The molecule has 28 heavy (non-hydrogen) atoms. The largest absolute Gasteiger partial charge is 0.490 e. The molecule has 0 aliphatic carbocycles. The summed E-state index contributed by atoms with van der Waals surface area (Å²) in [7, 11) is 0. The number of ether oxygens (including phenoxy) is 2. The number of benzene rings is 1. The maximum atomic E-state index is 12.4. The minimum atomic E-state index is -0.177. The van der Waals surface area contributed by atoms with Gasteiger partial charge in [-0.2, -0.15) is 0 Å². The van der Waals surface area contributed by atoms with E-state index >= 15 is 0 Å². The molecule has 1 aromatic heterocycles. The van der Waals surface area contributed by atoms with Crippen LogP contribution in [0.1, 0.15) is 30.1 Å². The Labute approximate surface area is 164 Å². The van der Waals surface area contributed by atoms with Gasteiger partial charge < -0.3 is 19.7 Å². The third-order valence-corrected chi connectivity index (χ3v) is 4.56. The topological polar surface area (TPSA) is 80.8 Å². The molecule has 0 atom stereocenters. The van der Waals surface area contributed by atoms with Crippen LogP contribution in [0.25, 0.3) is 0 Å². The quantitative estimate of drug-likeness (QED) is 0.793. The van der Waals surface area contributed by atoms with E-state index < -0.39 is 0 Å². The fourth-order valence-electron chi connectivity index (χ4n) is 3.16. The van der Waals surface area contributed by atoms with Crippen molar-refractivity contribution in [1.82, 2.24) is 15.2 Å². The van der Waals surface area contributed by atoms with Crippen LogP contribution in [-0.4, -0.2) is 54.0 Å². The molecule has 0 saturated carbocycles. The van der Waals surface area contributed by atoms with Gasteiger partial charge in [0.2, 0.25) is 0 Å². The predicted octanol–water partition coefficient (Wildman–Crippen LogP) is 2.28. The summed E-state index contributed by atoms with van der Waals surface area (Å²) in [6.07, 6.45) is 4.65. The molecule has 2 amide bonds. The first kappa shape index (κ1) is 19.7. The Kier molecular flexibility index (Phi) is 6.84. The summed E-state index contributed by atoms with van der Waals surface area (Å²) in [5, 5.41) is 2.98. The van der Waals surface area contributed by atoms with E-state index in [1.165, 1.54) is 0 Å². The van der Waals surface area contributed by atoms with Crippen molar-refractivity contribution < 1.29 is 19.1 Å². The van der Waals surface area contributed by atoms with Crippen molar-refractivity contribution in [3.63, 3.8) is 0 Å². The minimum Gasteiger partial charge on any atom is -0.490 e. The van der Waals surface area contributed by atoms with Crippen molar-refractivity contribution in [2.45, 2.75) is 25.8 Å². The molecule has 7 nitrogen and oxygen atoms in total. The van der Waals surface area contributed by atoms with Gasteiger partial charge in [-0.1, -0.05) is 12.1 Å². The lowest BCUT2D eigenvalue weighted by Gasteiger charge is -2.32. The molecule has 1 aliphatic heterocycles. The number of nitrogens with one attached hydrogen (secondary N) is 1. The standard InChI is InChI=1S/C21H25N3O4/c1-2-27-18-7-3-4-8-19(18)28-15-20(25)23-17-9-12-24(13-10-17)21(26)16-6-5-11-22-14-16/h3-8,11,14,17H,2,9-10,12-13,15H2,1H3,(H,23,25). The summed E-state index contributed by atoms with van der Waals surface area (Å²) in [5.74, 6) is 0.980. The summed E-state index contributed by atoms with van der Waals surface area (Å²) in [6.45, 7) is 3.57. The van der Waals surface area contributed by atoms with Gasteiger partial charge in [0.05, 0.1) is 12.2 Å². The summed E-state index contributed by atoms with van der Waals surface area (Å²) in [4.78, 5) is 30.5. The smallest absolute Gasteiger partial charge is 0.258 e. The van der Waals surface area contributed by atoms with Crippen molar-refractivity contribution >= 4 is 11.8 Å². The lowest BCUT2D eigenvalue weighted by Crippen LogP contribution is -2.47. The van der Waals surface area contributed by atoms with Crippen LogP contribution in [0.2, 0.25) is 0 Å². The Balaban J connectivity index is 1.43. The van der Waals surface area contributed by atoms with Crippen molar-refractivity contribution in [2.24, 2.45) is 0 Å². The Morgan fingerprint density at radius 2 is 1.82 bits per heavy atom. The first-order valence-electron chi connectivity index (χ1n) is 9.50. The number of rotatable bonds is 7. The van der Waals surface area contributed by atoms with E-state index in [0.717, 1.165) is 0 Å². The van der Waals surface area contributed by atoms with E-state index in [-0.39, 0.29) is 24.5 Å². The molecular weight excluding hydrogens is 358 g/mol.